The number of carbonyl (C=O) groups is 4. The molecule has 0 aliphatic carbocycles. The third-order valence-electron chi connectivity index (χ3n) is 9.84. The van der Waals surface area contributed by atoms with Crippen molar-refractivity contribution in [3.05, 3.63) is 76.5 Å². The normalized spacial score (nSPS) is 17.3. The zero-order chi connectivity index (χ0) is 41.3. The van der Waals surface area contributed by atoms with Crippen LogP contribution < -0.4 is 5.32 Å². The van der Waals surface area contributed by atoms with E-state index in [1.807, 2.05) is 0 Å². The molecule has 1 unspecified atom stereocenters. The molecule has 2 N–H and O–H groups in total. The number of amides is 4. The number of aliphatic hydroxyl groups excluding tert-OH is 1. The molecule has 2 aliphatic heterocycles. The Hall–Kier alpha value is -5.39. The van der Waals surface area contributed by atoms with E-state index >= 15 is 8.78 Å². The van der Waals surface area contributed by atoms with E-state index in [9.17, 15) is 24.3 Å². The number of aryl methyl sites for hydroxylation is 1. The number of carbonyl (C=O) groups excluding carboxylic acids is 4. The molecule has 57 heavy (non-hydrogen) atoms. The van der Waals surface area contributed by atoms with Crippen LogP contribution in [-0.2, 0) is 27.9 Å². The van der Waals surface area contributed by atoms with E-state index in [4.69, 9.17) is 21.1 Å². The molecule has 2 fully saturated rings. The Kier molecular flexibility index (Phi) is 12.0. The summed E-state index contributed by atoms with van der Waals surface area (Å²) in [5.41, 5.74) is 0.759. The van der Waals surface area contributed by atoms with Gasteiger partial charge in [-0.05, 0) is 52.0 Å². The standard InChI is InChI=1S/C39H45ClF2N8O7/c1-22-28(21-49(45-22)15-16-56-6)25-9-10-27(33(42)32(25)41)31-19-43-34(46(31)5)35(52)44-23-7-8-26(29(40)17-23)36(53)47-11-13-48(14-12-47)37(54)30-18-24(51)20-50(30)38(55)57-39(2,3)4/h7-10,17,19,21,24,30,51H,11-16,18,20H2,1-6H3,(H,44,52)/t24-,30?/m1/s1. The third kappa shape index (κ3) is 8.79. The number of ether oxygens (including phenoxy) is 2. The Morgan fingerprint density at radius 2 is 1.67 bits per heavy atom. The van der Waals surface area contributed by atoms with Crippen LogP contribution in [0.2, 0.25) is 5.02 Å². The van der Waals surface area contributed by atoms with E-state index in [1.165, 1.54) is 53.0 Å². The van der Waals surface area contributed by atoms with Gasteiger partial charge in [0.1, 0.15) is 11.6 Å². The average Bonchev–Trinajstić information content (AvgIpc) is 3.86. The molecule has 18 heteroatoms. The van der Waals surface area contributed by atoms with Crippen molar-refractivity contribution in [1.29, 1.82) is 0 Å². The first-order valence-electron chi connectivity index (χ1n) is 18.4. The van der Waals surface area contributed by atoms with Crippen molar-refractivity contribution in [1.82, 2.24) is 34.0 Å². The number of aromatic nitrogens is 4. The summed E-state index contributed by atoms with van der Waals surface area (Å²) in [5.74, 6) is -3.62. The molecule has 2 aromatic heterocycles. The Morgan fingerprint density at radius 1 is 1.00 bits per heavy atom. The van der Waals surface area contributed by atoms with Crippen LogP contribution in [0, 0.1) is 18.6 Å². The van der Waals surface area contributed by atoms with Gasteiger partial charge in [-0.2, -0.15) is 5.10 Å². The van der Waals surface area contributed by atoms with Gasteiger partial charge < -0.3 is 34.3 Å². The van der Waals surface area contributed by atoms with Crippen molar-refractivity contribution in [3.8, 4) is 22.4 Å². The van der Waals surface area contributed by atoms with Crippen LogP contribution in [0.3, 0.4) is 0 Å². The van der Waals surface area contributed by atoms with Crippen LogP contribution >= 0.6 is 11.6 Å². The fourth-order valence-electron chi connectivity index (χ4n) is 6.94. The maximum Gasteiger partial charge on any atom is 0.411 e. The van der Waals surface area contributed by atoms with E-state index in [0.29, 0.717) is 24.4 Å². The van der Waals surface area contributed by atoms with E-state index in [1.54, 1.807) is 55.5 Å². The summed E-state index contributed by atoms with van der Waals surface area (Å²) in [7, 11) is 3.06. The average molecular weight is 811 g/mol. The monoisotopic (exact) mass is 810 g/mol. The molecule has 2 aliphatic rings. The molecule has 304 valence electrons. The summed E-state index contributed by atoms with van der Waals surface area (Å²) < 4.78 is 44.5. The third-order valence-corrected chi connectivity index (χ3v) is 10.2. The lowest BCUT2D eigenvalue weighted by Gasteiger charge is -2.37. The van der Waals surface area contributed by atoms with Crippen LogP contribution in [0.15, 0.2) is 42.7 Å². The zero-order valence-electron chi connectivity index (χ0n) is 32.5. The maximum absolute atomic E-state index is 15.6. The number of aliphatic hydroxyl groups is 1. The molecule has 2 aromatic carbocycles. The molecular weight excluding hydrogens is 766 g/mol. The Bertz CT molecular complexity index is 2190. The molecule has 6 rings (SSSR count). The predicted molar refractivity (Wildman–Crippen MR) is 206 cm³/mol. The molecule has 0 saturated carbocycles. The van der Waals surface area contributed by atoms with Gasteiger partial charge in [0.15, 0.2) is 17.5 Å². The number of halogens is 3. The number of methoxy groups -OCH3 is 1. The summed E-state index contributed by atoms with van der Waals surface area (Å²) in [4.78, 5) is 61.5. The zero-order valence-corrected chi connectivity index (χ0v) is 33.3. The number of imidazole rings is 1. The molecule has 0 radical (unpaired) electrons. The van der Waals surface area contributed by atoms with Gasteiger partial charge in [-0.1, -0.05) is 17.7 Å². The quantitative estimate of drug-likeness (QED) is 0.243. The number of rotatable bonds is 9. The van der Waals surface area contributed by atoms with Crippen molar-refractivity contribution < 1.29 is 42.5 Å². The molecule has 0 spiro atoms. The van der Waals surface area contributed by atoms with Crippen LogP contribution in [0.25, 0.3) is 22.4 Å². The van der Waals surface area contributed by atoms with Crippen LogP contribution in [0.1, 0.15) is 53.9 Å². The van der Waals surface area contributed by atoms with Gasteiger partial charge >= 0.3 is 6.09 Å². The number of likely N-dealkylation sites (tertiary alicyclic amines) is 1. The number of nitrogens with one attached hydrogen (secondary N) is 1. The molecule has 2 atom stereocenters. The number of benzene rings is 2. The number of piperazine rings is 1. The largest absolute Gasteiger partial charge is 0.444 e. The second-order valence-corrected chi connectivity index (χ2v) is 15.4. The SMILES string of the molecule is COCCn1cc(-c2ccc(-c3cnc(C(=O)Nc4ccc(C(=O)N5CCN(C(=O)C6C[C@@H](O)CN6C(=O)OC(C)(C)C)CC5)c(Cl)c4)n3C)c(F)c2F)c(C)n1. The van der Waals surface area contributed by atoms with E-state index in [2.05, 4.69) is 15.4 Å². The molecular formula is C39H45ClF2N8O7. The molecule has 4 heterocycles. The van der Waals surface area contributed by atoms with Gasteiger partial charge in [0.2, 0.25) is 5.91 Å². The first kappa shape index (κ1) is 41.2. The minimum absolute atomic E-state index is 0.0115. The Labute approximate surface area is 333 Å². The fourth-order valence-corrected chi connectivity index (χ4v) is 7.20. The highest BCUT2D eigenvalue weighted by molar-refractivity contribution is 6.34. The van der Waals surface area contributed by atoms with E-state index in [0.717, 1.165) is 0 Å². The molecule has 4 aromatic rings. The second kappa shape index (κ2) is 16.6. The Balaban J connectivity index is 1.08. The van der Waals surface area contributed by atoms with Crippen LogP contribution in [0.5, 0.6) is 0 Å². The lowest BCUT2D eigenvalue weighted by Crippen LogP contribution is -2.55. The number of β-amino-alcohol motifs (C(OH)–C–C–N with tert-alkyl or cyclic N) is 1. The maximum atomic E-state index is 15.6. The summed E-state index contributed by atoms with van der Waals surface area (Å²) in [5, 5.41) is 17.4. The highest BCUT2D eigenvalue weighted by Crippen LogP contribution is 2.33. The topological polar surface area (TPSA) is 164 Å². The van der Waals surface area contributed by atoms with E-state index in [-0.39, 0.29) is 89.9 Å². The summed E-state index contributed by atoms with van der Waals surface area (Å²) >= 11 is 6.54. The van der Waals surface area contributed by atoms with E-state index < -0.39 is 41.4 Å². The van der Waals surface area contributed by atoms with Crippen molar-refractivity contribution in [2.75, 3.05) is 51.8 Å². The molecule has 15 nitrogen and oxygen atoms in total. The number of hydrogen-bond donors (Lipinski definition) is 2. The summed E-state index contributed by atoms with van der Waals surface area (Å²) in [6.07, 6.45) is 1.47. The van der Waals surface area contributed by atoms with Crippen molar-refractivity contribution >= 4 is 41.1 Å². The number of hydrogen-bond acceptors (Lipinski definition) is 9. The molecule has 4 amide bonds. The molecule has 0 bridgehead atoms. The minimum atomic E-state index is -1.11. The lowest BCUT2D eigenvalue weighted by molar-refractivity contribution is -0.137. The minimum Gasteiger partial charge on any atom is -0.444 e. The Morgan fingerprint density at radius 3 is 2.33 bits per heavy atom. The van der Waals surface area contributed by atoms with Crippen molar-refractivity contribution in [3.63, 3.8) is 0 Å². The van der Waals surface area contributed by atoms with Crippen molar-refractivity contribution in [2.45, 2.75) is 58.4 Å². The predicted octanol–water partition coefficient (Wildman–Crippen LogP) is 4.74. The van der Waals surface area contributed by atoms with Gasteiger partial charge in [-0.25, -0.2) is 18.6 Å². The summed E-state index contributed by atoms with van der Waals surface area (Å²) in [6.45, 7) is 8.53. The van der Waals surface area contributed by atoms with Gasteiger partial charge in [0, 0.05) is 75.3 Å². The smallest absolute Gasteiger partial charge is 0.411 e. The number of nitrogens with zero attached hydrogens (tertiary/aromatic N) is 7. The highest BCUT2D eigenvalue weighted by atomic mass is 35.5. The van der Waals surface area contributed by atoms with Gasteiger partial charge in [-0.15, -0.1) is 0 Å². The summed E-state index contributed by atoms with van der Waals surface area (Å²) in [6, 6.07) is 6.40. The first-order chi connectivity index (χ1) is 27.0. The van der Waals surface area contributed by atoms with Gasteiger partial charge in [0.05, 0.1) is 54.0 Å². The van der Waals surface area contributed by atoms with Crippen LogP contribution in [0.4, 0.5) is 19.3 Å². The molecule has 2 saturated heterocycles. The van der Waals surface area contributed by atoms with Crippen LogP contribution in [-0.4, -0.2) is 127 Å². The lowest BCUT2D eigenvalue weighted by atomic mass is 10.0. The first-order valence-corrected chi connectivity index (χ1v) is 18.7. The second-order valence-electron chi connectivity index (χ2n) is 15.0. The van der Waals surface area contributed by atoms with Gasteiger partial charge in [0.25, 0.3) is 11.8 Å². The number of anilines is 1. The van der Waals surface area contributed by atoms with Crippen molar-refractivity contribution in [2.24, 2.45) is 7.05 Å². The van der Waals surface area contributed by atoms with Gasteiger partial charge in [-0.3, -0.25) is 24.0 Å². The highest BCUT2D eigenvalue weighted by Gasteiger charge is 2.43. The fraction of sp³-hybridized carbons (Fsp3) is 0.436.